The van der Waals surface area contributed by atoms with Crippen LogP contribution in [0.5, 0.6) is 0 Å². The first kappa shape index (κ1) is 8.92. The molecule has 9 heavy (non-hydrogen) atoms. The second-order valence-electron chi connectivity index (χ2n) is 2.57. The van der Waals surface area contributed by atoms with Gasteiger partial charge in [-0.15, -0.1) is 0 Å². The second kappa shape index (κ2) is 6.05. The molecule has 0 fully saturated rings. The van der Waals surface area contributed by atoms with Gasteiger partial charge >= 0.3 is 0 Å². The fraction of sp³-hybridized carbons (Fsp3) is 1.00. The number of nitrogens with two attached hydrogens (primary N) is 1. The van der Waals surface area contributed by atoms with Crippen molar-refractivity contribution >= 4 is 0 Å². The van der Waals surface area contributed by atoms with E-state index in [0.717, 1.165) is 25.4 Å². The average molecular weight is 130 g/mol. The third-order valence-corrected chi connectivity index (χ3v) is 1.55. The van der Waals surface area contributed by atoms with E-state index in [2.05, 4.69) is 12.2 Å². The molecule has 0 heterocycles. The molecule has 0 unspecified atom stereocenters. The first-order valence-electron chi connectivity index (χ1n) is 3.66. The molecule has 1 atom stereocenters. The number of nitrogens with one attached hydrogen (secondary N) is 1. The maximum atomic E-state index is 5.38. The molecule has 3 N–H and O–H groups in total. The van der Waals surface area contributed by atoms with Gasteiger partial charge in [0.15, 0.2) is 0 Å². The Bertz CT molecular complexity index is 54.9. The highest BCUT2D eigenvalue weighted by Gasteiger charge is 1.97. The minimum atomic E-state index is 0.780. The molecular formula is C7H18N2. The summed E-state index contributed by atoms with van der Waals surface area (Å²) in [6.07, 6.45) is 2.40. The third kappa shape index (κ3) is 5.80. The van der Waals surface area contributed by atoms with Gasteiger partial charge in [-0.25, -0.2) is 0 Å². The molecule has 0 radical (unpaired) electrons. The molecule has 0 amide bonds. The van der Waals surface area contributed by atoms with Crippen LogP contribution in [0.1, 0.15) is 19.8 Å². The summed E-state index contributed by atoms with van der Waals surface area (Å²) in [5, 5.41) is 3.12. The predicted molar refractivity (Wildman–Crippen MR) is 41.4 cm³/mol. The zero-order chi connectivity index (χ0) is 7.11. The maximum Gasteiger partial charge on any atom is -0.00494 e. The van der Waals surface area contributed by atoms with Crippen LogP contribution in [0, 0.1) is 5.92 Å². The molecule has 0 rings (SSSR count). The molecule has 0 saturated heterocycles. The smallest absolute Gasteiger partial charge is 0.00494 e. The van der Waals surface area contributed by atoms with Gasteiger partial charge in [0.25, 0.3) is 0 Å². The summed E-state index contributed by atoms with van der Waals surface area (Å²) in [6, 6.07) is 0. The highest BCUT2D eigenvalue weighted by atomic mass is 14.8. The van der Waals surface area contributed by atoms with Crippen LogP contribution in [0.2, 0.25) is 0 Å². The van der Waals surface area contributed by atoms with E-state index in [4.69, 9.17) is 5.73 Å². The summed E-state index contributed by atoms with van der Waals surface area (Å²) in [5.74, 6) is 0.780. The zero-order valence-electron chi connectivity index (χ0n) is 6.48. The Hall–Kier alpha value is -0.0800. The minimum Gasteiger partial charge on any atom is -0.330 e. The molecule has 56 valence electrons. The Balaban J connectivity index is 2.95. The van der Waals surface area contributed by atoms with E-state index in [0.29, 0.717) is 0 Å². The van der Waals surface area contributed by atoms with Gasteiger partial charge in [0.05, 0.1) is 0 Å². The van der Waals surface area contributed by atoms with Crippen molar-refractivity contribution in [3.8, 4) is 0 Å². The monoisotopic (exact) mass is 130 g/mol. The van der Waals surface area contributed by atoms with Gasteiger partial charge in [0.1, 0.15) is 0 Å². The molecule has 0 aliphatic heterocycles. The Kier molecular flexibility index (Phi) is 5.99. The molecule has 0 aliphatic carbocycles. The maximum absolute atomic E-state index is 5.38. The van der Waals surface area contributed by atoms with E-state index >= 15 is 0 Å². The second-order valence-corrected chi connectivity index (χ2v) is 2.57. The average Bonchev–Trinajstić information content (AvgIpc) is 1.85. The van der Waals surface area contributed by atoms with E-state index in [1.54, 1.807) is 0 Å². The molecule has 2 heteroatoms. The number of hydrogen-bond acceptors (Lipinski definition) is 2. The SMILES string of the molecule is CNCC[C@@H](C)CCN. The molecular weight excluding hydrogens is 112 g/mol. The van der Waals surface area contributed by atoms with Gasteiger partial charge in [-0.05, 0) is 38.9 Å². The molecule has 0 aromatic carbocycles. The van der Waals surface area contributed by atoms with Crippen molar-refractivity contribution in [2.45, 2.75) is 19.8 Å². The molecule has 0 spiro atoms. The predicted octanol–water partition coefficient (Wildman–Crippen LogP) is 0.581. The van der Waals surface area contributed by atoms with Crippen LogP contribution in [-0.2, 0) is 0 Å². The molecule has 0 bridgehead atoms. The quantitative estimate of drug-likeness (QED) is 0.571. The largest absolute Gasteiger partial charge is 0.330 e. The van der Waals surface area contributed by atoms with Crippen LogP contribution in [0.4, 0.5) is 0 Å². The topological polar surface area (TPSA) is 38.0 Å². The van der Waals surface area contributed by atoms with Crippen molar-refractivity contribution in [3.05, 3.63) is 0 Å². The highest BCUT2D eigenvalue weighted by Crippen LogP contribution is 2.03. The van der Waals surface area contributed by atoms with E-state index < -0.39 is 0 Å². The standard InChI is InChI=1S/C7H18N2/c1-7(3-5-8)4-6-9-2/h7,9H,3-6,8H2,1-2H3/t7-/m0/s1. The van der Waals surface area contributed by atoms with Crippen LogP contribution in [0.25, 0.3) is 0 Å². The van der Waals surface area contributed by atoms with E-state index in [9.17, 15) is 0 Å². The lowest BCUT2D eigenvalue weighted by Crippen LogP contribution is -2.13. The third-order valence-electron chi connectivity index (χ3n) is 1.55. The van der Waals surface area contributed by atoms with Crippen molar-refractivity contribution in [2.75, 3.05) is 20.1 Å². The number of hydrogen-bond donors (Lipinski definition) is 2. The first-order chi connectivity index (χ1) is 4.31. The van der Waals surface area contributed by atoms with Gasteiger partial charge in [0.2, 0.25) is 0 Å². The van der Waals surface area contributed by atoms with Crippen LogP contribution in [0.15, 0.2) is 0 Å². The van der Waals surface area contributed by atoms with Crippen LogP contribution in [-0.4, -0.2) is 20.1 Å². The highest BCUT2D eigenvalue weighted by molar-refractivity contribution is 4.54. The van der Waals surface area contributed by atoms with E-state index in [-0.39, 0.29) is 0 Å². The molecule has 0 aromatic heterocycles. The lowest BCUT2D eigenvalue weighted by molar-refractivity contribution is 0.488. The van der Waals surface area contributed by atoms with E-state index in [1.165, 1.54) is 6.42 Å². The molecule has 0 saturated carbocycles. The van der Waals surface area contributed by atoms with Crippen molar-refractivity contribution < 1.29 is 0 Å². The van der Waals surface area contributed by atoms with Gasteiger partial charge in [0, 0.05) is 0 Å². The summed E-state index contributed by atoms with van der Waals surface area (Å²) in [6.45, 7) is 4.18. The normalized spacial score (nSPS) is 13.7. The van der Waals surface area contributed by atoms with Gasteiger partial charge in [-0.2, -0.15) is 0 Å². The van der Waals surface area contributed by atoms with Gasteiger partial charge in [-0.1, -0.05) is 6.92 Å². The molecule has 0 aromatic rings. The van der Waals surface area contributed by atoms with E-state index in [1.807, 2.05) is 7.05 Å². The van der Waals surface area contributed by atoms with Crippen LogP contribution < -0.4 is 11.1 Å². The lowest BCUT2D eigenvalue weighted by atomic mass is 10.0. The fourth-order valence-electron chi connectivity index (χ4n) is 0.820. The minimum absolute atomic E-state index is 0.780. The first-order valence-corrected chi connectivity index (χ1v) is 3.66. The molecule has 2 nitrogen and oxygen atoms in total. The van der Waals surface area contributed by atoms with Crippen molar-refractivity contribution in [3.63, 3.8) is 0 Å². The fourth-order valence-corrected chi connectivity index (χ4v) is 0.820. The lowest BCUT2D eigenvalue weighted by Gasteiger charge is -2.07. The Morgan fingerprint density at radius 3 is 2.56 bits per heavy atom. The summed E-state index contributed by atoms with van der Waals surface area (Å²) in [7, 11) is 1.98. The summed E-state index contributed by atoms with van der Waals surface area (Å²) >= 11 is 0. The Morgan fingerprint density at radius 1 is 1.44 bits per heavy atom. The van der Waals surface area contributed by atoms with Crippen molar-refractivity contribution in [1.29, 1.82) is 0 Å². The number of rotatable bonds is 5. The van der Waals surface area contributed by atoms with Gasteiger partial charge < -0.3 is 11.1 Å². The van der Waals surface area contributed by atoms with Crippen molar-refractivity contribution in [1.82, 2.24) is 5.32 Å². The Morgan fingerprint density at radius 2 is 2.11 bits per heavy atom. The van der Waals surface area contributed by atoms with Gasteiger partial charge in [-0.3, -0.25) is 0 Å². The summed E-state index contributed by atoms with van der Waals surface area (Å²) in [5.41, 5.74) is 5.38. The van der Waals surface area contributed by atoms with Crippen LogP contribution in [0.3, 0.4) is 0 Å². The van der Waals surface area contributed by atoms with Crippen molar-refractivity contribution in [2.24, 2.45) is 11.7 Å². The molecule has 0 aliphatic rings. The zero-order valence-corrected chi connectivity index (χ0v) is 6.48. The summed E-state index contributed by atoms with van der Waals surface area (Å²) in [4.78, 5) is 0. The van der Waals surface area contributed by atoms with Crippen LogP contribution >= 0.6 is 0 Å². The summed E-state index contributed by atoms with van der Waals surface area (Å²) < 4.78 is 0. The Labute approximate surface area is 57.8 Å².